The quantitative estimate of drug-likeness (QED) is 0.0325. The molecule has 0 fully saturated rings. The zero-order valence-corrected chi connectivity index (χ0v) is 37.3. The lowest BCUT2D eigenvalue weighted by Crippen LogP contribution is -2.46. The Hall–Kier alpha value is -1.92. The molecule has 0 aromatic heterocycles. The van der Waals surface area contributed by atoms with Gasteiger partial charge in [-0.25, -0.2) is 0 Å². The van der Waals surface area contributed by atoms with Gasteiger partial charge in [-0.3, -0.25) is 9.59 Å². The summed E-state index contributed by atoms with van der Waals surface area (Å²) in [5, 5.41) is 23.6. The number of unbranched alkanes of at least 4 members (excludes halogenated alkanes) is 25. The molecule has 0 aliphatic rings. The minimum Gasteiger partial charge on any atom is -0.462 e. The van der Waals surface area contributed by atoms with Crippen molar-refractivity contribution in [3.05, 3.63) is 36.5 Å². The fourth-order valence-corrected chi connectivity index (χ4v) is 7.23. The number of rotatable bonds is 43. The maximum atomic E-state index is 13.1. The van der Waals surface area contributed by atoms with Crippen molar-refractivity contribution in [2.24, 2.45) is 0 Å². The minimum absolute atomic E-state index is 0.0704. The fourth-order valence-electron chi connectivity index (χ4n) is 7.23. The number of aliphatic hydroxyl groups excluding tert-OH is 2. The number of amides is 1. The van der Waals surface area contributed by atoms with Crippen LogP contribution in [0.25, 0.3) is 0 Å². The predicted octanol–water partition coefficient (Wildman–Crippen LogP) is 14.1. The van der Waals surface area contributed by atoms with Crippen LogP contribution in [-0.2, 0) is 14.3 Å². The molecule has 0 heterocycles. The van der Waals surface area contributed by atoms with Gasteiger partial charge in [0.05, 0.1) is 25.2 Å². The van der Waals surface area contributed by atoms with Crippen LogP contribution in [0.1, 0.15) is 245 Å². The van der Waals surface area contributed by atoms with Crippen LogP contribution in [0.5, 0.6) is 0 Å². The van der Waals surface area contributed by atoms with Gasteiger partial charge in [-0.1, -0.05) is 192 Å². The number of ether oxygens (including phenoxy) is 1. The third-order valence-corrected chi connectivity index (χ3v) is 10.9. The SMILES string of the molecule is CCC/C=C\CCCCCCCC(=O)OC(CCCCCCCCC/C=C\C/C=C\CCCCC)CC(=O)NC(CO)C(O)CCCCCCCCCCCC. The van der Waals surface area contributed by atoms with Crippen LogP contribution in [0.3, 0.4) is 0 Å². The van der Waals surface area contributed by atoms with Crippen LogP contribution in [0.4, 0.5) is 0 Å². The summed E-state index contributed by atoms with van der Waals surface area (Å²) in [6, 6.07) is -0.702. The molecule has 3 N–H and O–H groups in total. The second-order valence-corrected chi connectivity index (χ2v) is 16.5. The van der Waals surface area contributed by atoms with Crippen LogP contribution in [-0.4, -0.2) is 46.9 Å². The monoisotopic (exact) mass is 788 g/mol. The van der Waals surface area contributed by atoms with Crippen LogP contribution >= 0.6 is 0 Å². The van der Waals surface area contributed by atoms with Gasteiger partial charge in [-0.05, 0) is 77.0 Å². The normalized spacial score (nSPS) is 13.6. The van der Waals surface area contributed by atoms with E-state index in [1.54, 1.807) is 0 Å². The first-order valence-electron chi connectivity index (χ1n) is 24.2. The van der Waals surface area contributed by atoms with E-state index in [0.717, 1.165) is 83.5 Å². The minimum atomic E-state index is -0.787. The zero-order chi connectivity index (χ0) is 41.0. The summed E-state index contributed by atoms with van der Waals surface area (Å²) in [5.41, 5.74) is 0. The van der Waals surface area contributed by atoms with Crippen LogP contribution in [0.15, 0.2) is 36.5 Å². The number of allylic oxidation sites excluding steroid dienone is 6. The van der Waals surface area contributed by atoms with Crippen molar-refractivity contribution in [2.45, 2.75) is 264 Å². The molecule has 328 valence electrons. The molecule has 0 rings (SSSR count). The molecule has 0 aromatic rings. The van der Waals surface area contributed by atoms with Gasteiger partial charge < -0.3 is 20.3 Å². The molecule has 1 amide bonds. The standard InChI is InChI=1S/C50H93NO5/c1-4-7-10-13-16-19-22-23-24-25-26-27-28-29-32-35-38-41-46(56-50(55)43-40-37-34-31-21-18-15-12-9-6-3)44-49(54)51-47(45-52)48(53)42-39-36-33-30-20-17-14-11-8-5-2/h12,15-16,19,23-24,46-48,52-53H,4-11,13-14,17-18,20-22,25-45H2,1-3H3,(H,51,54)/b15-12-,19-16-,24-23-. The Morgan fingerprint density at radius 3 is 1.48 bits per heavy atom. The molecular formula is C50H93NO5. The highest BCUT2D eigenvalue weighted by molar-refractivity contribution is 5.77. The number of carbonyl (C=O) groups is 2. The van der Waals surface area contributed by atoms with Gasteiger partial charge in [0.1, 0.15) is 6.10 Å². The summed E-state index contributed by atoms with van der Waals surface area (Å²) in [5.74, 6) is -0.490. The van der Waals surface area contributed by atoms with Crippen molar-refractivity contribution in [3.8, 4) is 0 Å². The van der Waals surface area contributed by atoms with E-state index in [1.807, 2.05) is 0 Å². The molecule has 3 atom stereocenters. The zero-order valence-electron chi connectivity index (χ0n) is 37.3. The van der Waals surface area contributed by atoms with Crippen LogP contribution < -0.4 is 5.32 Å². The van der Waals surface area contributed by atoms with Gasteiger partial charge >= 0.3 is 5.97 Å². The summed E-state index contributed by atoms with van der Waals surface area (Å²) in [4.78, 5) is 26.0. The Morgan fingerprint density at radius 2 is 0.946 bits per heavy atom. The first kappa shape index (κ1) is 54.1. The smallest absolute Gasteiger partial charge is 0.306 e. The maximum Gasteiger partial charge on any atom is 0.306 e. The van der Waals surface area contributed by atoms with E-state index in [1.165, 1.54) is 116 Å². The van der Waals surface area contributed by atoms with Crippen molar-refractivity contribution in [1.82, 2.24) is 5.32 Å². The number of aliphatic hydroxyl groups is 2. The van der Waals surface area contributed by atoms with Crippen molar-refractivity contribution >= 4 is 11.9 Å². The molecule has 0 saturated carbocycles. The van der Waals surface area contributed by atoms with Gasteiger partial charge in [0.15, 0.2) is 0 Å². The lowest BCUT2D eigenvalue weighted by Gasteiger charge is -2.24. The average molecular weight is 788 g/mol. The molecule has 0 aliphatic heterocycles. The highest BCUT2D eigenvalue weighted by atomic mass is 16.5. The highest BCUT2D eigenvalue weighted by Gasteiger charge is 2.24. The maximum absolute atomic E-state index is 13.1. The Bertz CT molecular complexity index is 930. The Balaban J connectivity index is 4.58. The van der Waals surface area contributed by atoms with E-state index in [9.17, 15) is 19.8 Å². The molecule has 0 spiro atoms. The number of esters is 1. The van der Waals surface area contributed by atoms with Crippen molar-refractivity contribution in [3.63, 3.8) is 0 Å². The predicted molar refractivity (Wildman–Crippen MR) is 241 cm³/mol. The first-order chi connectivity index (χ1) is 27.5. The molecule has 0 aliphatic carbocycles. The molecule has 0 radical (unpaired) electrons. The van der Waals surface area contributed by atoms with E-state index in [4.69, 9.17) is 4.74 Å². The van der Waals surface area contributed by atoms with Crippen molar-refractivity contribution in [1.29, 1.82) is 0 Å². The molecule has 0 aromatic carbocycles. The number of nitrogens with one attached hydrogen (secondary N) is 1. The second kappa shape index (κ2) is 44.2. The molecule has 0 bridgehead atoms. The highest BCUT2D eigenvalue weighted by Crippen LogP contribution is 2.17. The van der Waals surface area contributed by atoms with E-state index in [0.29, 0.717) is 19.3 Å². The van der Waals surface area contributed by atoms with Crippen LogP contribution in [0, 0.1) is 0 Å². The van der Waals surface area contributed by atoms with Gasteiger partial charge in [0.25, 0.3) is 0 Å². The van der Waals surface area contributed by atoms with Gasteiger partial charge in [0, 0.05) is 6.42 Å². The lowest BCUT2D eigenvalue weighted by molar-refractivity contribution is -0.151. The molecule has 6 heteroatoms. The van der Waals surface area contributed by atoms with Gasteiger partial charge in [0.2, 0.25) is 5.91 Å². The average Bonchev–Trinajstić information content (AvgIpc) is 3.19. The third kappa shape index (κ3) is 38.9. The molecule has 0 saturated heterocycles. The van der Waals surface area contributed by atoms with E-state index in [-0.39, 0.29) is 24.9 Å². The number of hydrogen-bond acceptors (Lipinski definition) is 5. The van der Waals surface area contributed by atoms with E-state index < -0.39 is 18.2 Å². The number of hydrogen-bond donors (Lipinski definition) is 3. The first-order valence-corrected chi connectivity index (χ1v) is 24.2. The van der Waals surface area contributed by atoms with E-state index >= 15 is 0 Å². The Morgan fingerprint density at radius 1 is 0.518 bits per heavy atom. The summed E-state index contributed by atoms with van der Waals surface area (Å²) >= 11 is 0. The Labute approximate surface area is 347 Å². The lowest BCUT2D eigenvalue weighted by atomic mass is 10.0. The van der Waals surface area contributed by atoms with Gasteiger partial charge in [-0.15, -0.1) is 0 Å². The van der Waals surface area contributed by atoms with Crippen molar-refractivity contribution < 1.29 is 24.5 Å². The molecular weight excluding hydrogens is 695 g/mol. The Kier molecular flexibility index (Phi) is 42.7. The summed E-state index contributed by atoms with van der Waals surface area (Å²) < 4.78 is 5.90. The molecule has 3 unspecified atom stereocenters. The number of carbonyl (C=O) groups excluding carboxylic acids is 2. The summed E-state index contributed by atoms with van der Waals surface area (Å²) in [6.07, 6.45) is 50.6. The fraction of sp³-hybridized carbons (Fsp3) is 0.840. The van der Waals surface area contributed by atoms with E-state index in [2.05, 4.69) is 62.5 Å². The summed E-state index contributed by atoms with van der Waals surface area (Å²) in [7, 11) is 0. The summed E-state index contributed by atoms with van der Waals surface area (Å²) in [6.45, 7) is 6.38. The molecule has 6 nitrogen and oxygen atoms in total. The van der Waals surface area contributed by atoms with Gasteiger partial charge in [-0.2, -0.15) is 0 Å². The second-order valence-electron chi connectivity index (χ2n) is 16.5. The third-order valence-electron chi connectivity index (χ3n) is 10.9. The van der Waals surface area contributed by atoms with Crippen molar-refractivity contribution in [2.75, 3.05) is 6.61 Å². The van der Waals surface area contributed by atoms with Crippen LogP contribution in [0.2, 0.25) is 0 Å². The molecule has 56 heavy (non-hydrogen) atoms. The topological polar surface area (TPSA) is 95.9 Å². The largest absolute Gasteiger partial charge is 0.462 e.